The third-order valence-electron chi connectivity index (χ3n) is 3.82. The van der Waals surface area contributed by atoms with Gasteiger partial charge in [-0.1, -0.05) is 12.1 Å². The summed E-state index contributed by atoms with van der Waals surface area (Å²) in [6.45, 7) is 5.37. The molecule has 0 saturated carbocycles. The van der Waals surface area contributed by atoms with Crippen LogP contribution in [0.25, 0.3) is 6.08 Å². The van der Waals surface area contributed by atoms with E-state index < -0.39 is 23.9 Å². The molecular formula is C20H23N3O5. The molecule has 0 spiro atoms. The minimum absolute atomic E-state index is 0.0802. The van der Waals surface area contributed by atoms with Crippen LogP contribution in [0.3, 0.4) is 0 Å². The summed E-state index contributed by atoms with van der Waals surface area (Å²) in [4.78, 5) is 35.6. The number of carbonyl (C=O) groups excluding carboxylic acids is 3. The SMILES string of the molecule is COC(=O)c1ccc(/C=C/C(=O)O[C@H](C)C(=O)Nc2ccnn2C(C)C)cc1. The van der Waals surface area contributed by atoms with Crippen molar-refractivity contribution >= 4 is 29.7 Å². The van der Waals surface area contributed by atoms with Crippen LogP contribution in [0.4, 0.5) is 5.82 Å². The van der Waals surface area contributed by atoms with Crippen molar-refractivity contribution in [3.8, 4) is 0 Å². The summed E-state index contributed by atoms with van der Waals surface area (Å²) in [5, 5.41) is 6.82. The van der Waals surface area contributed by atoms with E-state index in [1.54, 1.807) is 41.2 Å². The van der Waals surface area contributed by atoms with Crippen LogP contribution in [-0.2, 0) is 19.1 Å². The van der Waals surface area contributed by atoms with Gasteiger partial charge in [0, 0.05) is 18.2 Å². The Kier molecular flexibility index (Phi) is 7.08. The molecular weight excluding hydrogens is 362 g/mol. The van der Waals surface area contributed by atoms with Crippen molar-refractivity contribution in [2.45, 2.75) is 32.9 Å². The third-order valence-corrected chi connectivity index (χ3v) is 3.82. The molecule has 1 atom stereocenters. The highest BCUT2D eigenvalue weighted by atomic mass is 16.5. The number of benzene rings is 1. The minimum Gasteiger partial charge on any atom is -0.465 e. The number of nitrogens with zero attached hydrogens (tertiary/aromatic N) is 2. The molecule has 1 heterocycles. The van der Waals surface area contributed by atoms with E-state index >= 15 is 0 Å². The second kappa shape index (κ2) is 9.50. The number of carbonyl (C=O) groups is 3. The highest BCUT2D eigenvalue weighted by molar-refractivity contribution is 5.96. The van der Waals surface area contributed by atoms with Crippen LogP contribution in [0.2, 0.25) is 0 Å². The van der Waals surface area contributed by atoms with E-state index in [0.717, 1.165) is 0 Å². The maximum Gasteiger partial charge on any atom is 0.337 e. The molecule has 2 aromatic rings. The highest BCUT2D eigenvalue weighted by Crippen LogP contribution is 2.14. The molecule has 8 nitrogen and oxygen atoms in total. The van der Waals surface area contributed by atoms with Gasteiger partial charge in [-0.15, -0.1) is 0 Å². The smallest absolute Gasteiger partial charge is 0.337 e. The van der Waals surface area contributed by atoms with Gasteiger partial charge in [0.1, 0.15) is 5.82 Å². The van der Waals surface area contributed by atoms with Crippen LogP contribution in [0.15, 0.2) is 42.6 Å². The van der Waals surface area contributed by atoms with Gasteiger partial charge in [-0.25, -0.2) is 14.3 Å². The van der Waals surface area contributed by atoms with Crippen LogP contribution in [0.5, 0.6) is 0 Å². The first-order chi connectivity index (χ1) is 13.3. The normalized spacial score (nSPS) is 12.0. The summed E-state index contributed by atoms with van der Waals surface area (Å²) in [6, 6.07) is 8.26. The first-order valence-corrected chi connectivity index (χ1v) is 8.73. The predicted molar refractivity (Wildman–Crippen MR) is 104 cm³/mol. The molecule has 28 heavy (non-hydrogen) atoms. The van der Waals surface area contributed by atoms with Gasteiger partial charge in [-0.3, -0.25) is 4.79 Å². The van der Waals surface area contributed by atoms with Gasteiger partial charge in [0.15, 0.2) is 6.10 Å². The number of amides is 1. The van der Waals surface area contributed by atoms with Gasteiger partial charge in [-0.05, 0) is 44.5 Å². The molecule has 0 bridgehead atoms. The minimum atomic E-state index is -0.977. The van der Waals surface area contributed by atoms with Crippen molar-refractivity contribution in [1.29, 1.82) is 0 Å². The Morgan fingerprint density at radius 3 is 2.39 bits per heavy atom. The Hall–Kier alpha value is -3.42. The molecule has 8 heteroatoms. The molecule has 0 radical (unpaired) electrons. The molecule has 0 saturated heterocycles. The first kappa shape index (κ1) is 20.9. The first-order valence-electron chi connectivity index (χ1n) is 8.73. The Labute approximate surface area is 163 Å². The Bertz CT molecular complexity index is 868. The van der Waals surface area contributed by atoms with Crippen LogP contribution in [-0.4, -0.2) is 40.8 Å². The molecule has 0 aliphatic heterocycles. The Balaban J connectivity index is 1.90. The lowest BCUT2D eigenvalue weighted by molar-refractivity contribution is -0.148. The average Bonchev–Trinajstić information content (AvgIpc) is 3.14. The van der Waals surface area contributed by atoms with Gasteiger partial charge in [0.05, 0.1) is 18.9 Å². The zero-order valence-electron chi connectivity index (χ0n) is 16.2. The van der Waals surface area contributed by atoms with Crippen LogP contribution in [0.1, 0.15) is 42.7 Å². The number of ether oxygens (including phenoxy) is 2. The quantitative estimate of drug-likeness (QED) is 0.581. The number of esters is 2. The number of nitrogens with one attached hydrogen (secondary N) is 1. The molecule has 1 aromatic carbocycles. The fraction of sp³-hybridized carbons (Fsp3) is 0.300. The van der Waals surface area contributed by atoms with Crippen molar-refractivity contribution < 1.29 is 23.9 Å². The van der Waals surface area contributed by atoms with E-state index in [1.165, 1.54) is 26.2 Å². The molecule has 0 fully saturated rings. The largest absolute Gasteiger partial charge is 0.465 e. The maximum absolute atomic E-state index is 12.2. The fourth-order valence-corrected chi connectivity index (χ4v) is 2.33. The lowest BCUT2D eigenvalue weighted by Crippen LogP contribution is -2.30. The molecule has 1 aromatic heterocycles. The molecule has 1 N–H and O–H groups in total. The van der Waals surface area contributed by atoms with Crippen molar-refractivity contribution in [1.82, 2.24) is 9.78 Å². The molecule has 0 aliphatic rings. The van der Waals surface area contributed by atoms with E-state index in [9.17, 15) is 14.4 Å². The summed E-state index contributed by atoms with van der Waals surface area (Å²) in [5.41, 5.74) is 1.11. The molecule has 2 rings (SSSR count). The van der Waals surface area contributed by atoms with E-state index in [0.29, 0.717) is 16.9 Å². The summed E-state index contributed by atoms with van der Waals surface area (Å²) in [6.07, 6.45) is 3.35. The monoisotopic (exact) mass is 385 g/mol. The van der Waals surface area contributed by atoms with Gasteiger partial charge >= 0.3 is 11.9 Å². The Morgan fingerprint density at radius 2 is 1.79 bits per heavy atom. The van der Waals surface area contributed by atoms with Crippen LogP contribution < -0.4 is 5.32 Å². The second-order valence-corrected chi connectivity index (χ2v) is 6.27. The van der Waals surface area contributed by atoms with Gasteiger partial charge < -0.3 is 14.8 Å². The van der Waals surface area contributed by atoms with E-state index in [-0.39, 0.29) is 6.04 Å². The lowest BCUT2D eigenvalue weighted by atomic mass is 10.1. The highest BCUT2D eigenvalue weighted by Gasteiger charge is 2.18. The summed E-state index contributed by atoms with van der Waals surface area (Å²) in [5.74, 6) is -1.01. The molecule has 0 aliphatic carbocycles. The lowest BCUT2D eigenvalue weighted by Gasteiger charge is -2.15. The molecule has 0 unspecified atom stereocenters. The standard InChI is InChI=1S/C20H23N3O5/c1-13(2)23-17(11-12-21-23)22-19(25)14(3)28-18(24)10-7-15-5-8-16(9-6-15)20(26)27-4/h5-14H,1-4H3,(H,22,25)/b10-7+/t14-/m1/s1. The van der Waals surface area contributed by atoms with E-state index in [1.807, 2.05) is 13.8 Å². The third kappa shape index (κ3) is 5.54. The van der Waals surface area contributed by atoms with Crippen molar-refractivity contribution in [3.63, 3.8) is 0 Å². The number of methoxy groups -OCH3 is 1. The fourth-order valence-electron chi connectivity index (χ4n) is 2.33. The number of aromatic nitrogens is 2. The van der Waals surface area contributed by atoms with Gasteiger partial charge in [0.2, 0.25) is 0 Å². The van der Waals surface area contributed by atoms with Crippen molar-refractivity contribution in [2.75, 3.05) is 12.4 Å². The van der Waals surface area contributed by atoms with Gasteiger partial charge in [0.25, 0.3) is 5.91 Å². The second-order valence-electron chi connectivity index (χ2n) is 6.27. The zero-order valence-corrected chi connectivity index (χ0v) is 16.2. The predicted octanol–water partition coefficient (Wildman–Crippen LogP) is 2.83. The number of anilines is 1. The Morgan fingerprint density at radius 1 is 1.11 bits per heavy atom. The topological polar surface area (TPSA) is 99.5 Å². The van der Waals surface area contributed by atoms with Crippen molar-refractivity contribution in [2.24, 2.45) is 0 Å². The van der Waals surface area contributed by atoms with E-state index in [4.69, 9.17) is 4.74 Å². The number of rotatable bonds is 7. The van der Waals surface area contributed by atoms with Crippen LogP contribution >= 0.6 is 0 Å². The molecule has 148 valence electrons. The average molecular weight is 385 g/mol. The summed E-state index contributed by atoms with van der Waals surface area (Å²) < 4.78 is 11.4. The van der Waals surface area contributed by atoms with Crippen LogP contribution in [0, 0.1) is 0 Å². The summed E-state index contributed by atoms with van der Waals surface area (Å²) in [7, 11) is 1.31. The number of hydrogen-bond acceptors (Lipinski definition) is 6. The summed E-state index contributed by atoms with van der Waals surface area (Å²) >= 11 is 0. The maximum atomic E-state index is 12.2. The van der Waals surface area contributed by atoms with E-state index in [2.05, 4.69) is 15.2 Å². The van der Waals surface area contributed by atoms with Crippen molar-refractivity contribution in [3.05, 3.63) is 53.7 Å². The van der Waals surface area contributed by atoms with Gasteiger partial charge in [-0.2, -0.15) is 5.10 Å². The molecule has 1 amide bonds. The zero-order chi connectivity index (χ0) is 20.7. The number of hydrogen-bond donors (Lipinski definition) is 1.